The van der Waals surface area contributed by atoms with Gasteiger partial charge in [0, 0.05) is 6.54 Å². The van der Waals surface area contributed by atoms with Gasteiger partial charge < -0.3 is 9.47 Å². The molecule has 0 bridgehead atoms. The molecule has 29 heavy (non-hydrogen) atoms. The zero-order chi connectivity index (χ0) is 20.8. The van der Waals surface area contributed by atoms with Crippen molar-refractivity contribution in [2.75, 3.05) is 20.3 Å². The number of ether oxygens (including phenoxy) is 2. The average Bonchev–Trinajstić information content (AvgIpc) is 3.02. The molecule has 0 saturated carbocycles. The molecular weight excluding hydrogens is 384 g/mol. The number of amidine groups is 1. The number of aliphatic imine (C=N–C) groups is 1. The average molecular weight is 411 g/mol. The maximum Gasteiger partial charge on any atom is 0.266 e. The summed E-state index contributed by atoms with van der Waals surface area (Å²) in [6.45, 7) is 7.26. The first-order valence-corrected chi connectivity index (χ1v) is 10.5. The summed E-state index contributed by atoms with van der Waals surface area (Å²) in [5.41, 5.74) is 2.90. The lowest BCUT2D eigenvalue weighted by Gasteiger charge is -2.12. The van der Waals surface area contributed by atoms with Crippen LogP contribution in [-0.4, -0.2) is 36.2 Å². The molecule has 0 radical (unpaired) electrons. The zero-order valence-corrected chi connectivity index (χ0v) is 18.1. The van der Waals surface area contributed by atoms with Gasteiger partial charge in [0.05, 0.1) is 24.3 Å². The van der Waals surface area contributed by atoms with E-state index in [2.05, 4.69) is 11.9 Å². The molecule has 0 spiro atoms. The van der Waals surface area contributed by atoms with Gasteiger partial charge in [0.1, 0.15) is 0 Å². The fourth-order valence-corrected chi connectivity index (χ4v) is 3.92. The molecule has 1 saturated heterocycles. The van der Waals surface area contributed by atoms with Crippen molar-refractivity contribution in [3.63, 3.8) is 0 Å². The first-order valence-electron chi connectivity index (χ1n) is 9.73. The van der Waals surface area contributed by atoms with Gasteiger partial charge in [-0.2, -0.15) is 0 Å². The topological polar surface area (TPSA) is 51.1 Å². The van der Waals surface area contributed by atoms with Crippen molar-refractivity contribution in [3.05, 3.63) is 58.5 Å². The van der Waals surface area contributed by atoms with Crippen molar-refractivity contribution in [2.45, 2.75) is 27.2 Å². The van der Waals surface area contributed by atoms with Crippen LogP contribution in [0.15, 0.2) is 52.4 Å². The number of hydrogen-bond donors (Lipinski definition) is 0. The second kappa shape index (κ2) is 9.65. The highest BCUT2D eigenvalue weighted by molar-refractivity contribution is 8.18. The van der Waals surface area contributed by atoms with E-state index in [9.17, 15) is 4.79 Å². The van der Waals surface area contributed by atoms with E-state index in [1.807, 2.05) is 62.4 Å². The predicted molar refractivity (Wildman–Crippen MR) is 120 cm³/mol. The SMILES string of the molecule is CCCOc1ccc(/C=C2/SC(=Nc3ccc(C)cc3)N(CC)C2=O)cc1OC. The summed E-state index contributed by atoms with van der Waals surface area (Å²) >= 11 is 1.39. The molecule has 0 unspecified atom stereocenters. The molecular formula is C23H26N2O3S. The van der Waals surface area contributed by atoms with Gasteiger partial charge in [-0.3, -0.25) is 9.69 Å². The molecule has 152 valence electrons. The van der Waals surface area contributed by atoms with Gasteiger partial charge in [-0.05, 0) is 67.9 Å². The van der Waals surface area contributed by atoms with E-state index < -0.39 is 0 Å². The Balaban J connectivity index is 1.87. The number of carbonyl (C=O) groups excluding carboxylic acids is 1. The molecule has 0 aliphatic carbocycles. The highest BCUT2D eigenvalue weighted by Gasteiger charge is 2.32. The number of benzene rings is 2. The number of rotatable bonds is 7. The smallest absolute Gasteiger partial charge is 0.266 e. The van der Waals surface area contributed by atoms with Crippen LogP contribution in [0.2, 0.25) is 0 Å². The standard InChI is InChI=1S/C23H26N2O3S/c1-5-13-28-19-12-9-17(14-20(19)27-4)15-21-22(26)25(6-2)23(29-21)24-18-10-7-16(3)8-11-18/h7-12,14-15H,5-6,13H2,1-4H3/b21-15+,24-23?. The van der Waals surface area contributed by atoms with Crippen molar-refractivity contribution in [3.8, 4) is 11.5 Å². The molecule has 0 N–H and O–H groups in total. The van der Waals surface area contributed by atoms with Gasteiger partial charge in [-0.15, -0.1) is 0 Å². The summed E-state index contributed by atoms with van der Waals surface area (Å²) in [5, 5.41) is 0.697. The van der Waals surface area contributed by atoms with Crippen molar-refractivity contribution < 1.29 is 14.3 Å². The first kappa shape index (κ1) is 21.0. The van der Waals surface area contributed by atoms with Crippen molar-refractivity contribution in [2.24, 2.45) is 4.99 Å². The van der Waals surface area contributed by atoms with E-state index in [-0.39, 0.29) is 5.91 Å². The molecule has 1 heterocycles. The third kappa shape index (κ3) is 5.01. The van der Waals surface area contributed by atoms with Crippen molar-refractivity contribution >= 4 is 34.6 Å². The molecule has 2 aromatic carbocycles. The Morgan fingerprint density at radius 2 is 1.86 bits per heavy atom. The molecule has 0 aromatic heterocycles. The maximum atomic E-state index is 12.9. The van der Waals surface area contributed by atoms with Crippen LogP contribution in [0.3, 0.4) is 0 Å². The van der Waals surface area contributed by atoms with Gasteiger partial charge in [-0.1, -0.05) is 30.7 Å². The molecule has 5 nitrogen and oxygen atoms in total. The summed E-state index contributed by atoms with van der Waals surface area (Å²) in [6.07, 6.45) is 2.80. The van der Waals surface area contributed by atoms with Crippen LogP contribution in [0, 0.1) is 6.92 Å². The number of nitrogens with zero attached hydrogens (tertiary/aromatic N) is 2. The lowest BCUT2D eigenvalue weighted by Crippen LogP contribution is -2.28. The van der Waals surface area contributed by atoms with Crippen molar-refractivity contribution in [1.82, 2.24) is 4.90 Å². The minimum absolute atomic E-state index is 0.0337. The van der Waals surface area contributed by atoms with E-state index in [4.69, 9.17) is 9.47 Å². The highest BCUT2D eigenvalue weighted by Crippen LogP contribution is 2.35. The maximum absolute atomic E-state index is 12.9. The van der Waals surface area contributed by atoms with Crippen LogP contribution >= 0.6 is 11.8 Å². The monoisotopic (exact) mass is 410 g/mol. The van der Waals surface area contributed by atoms with Crippen molar-refractivity contribution in [1.29, 1.82) is 0 Å². The Labute approximate surface area is 176 Å². The van der Waals surface area contributed by atoms with E-state index in [0.29, 0.717) is 34.7 Å². The fraction of sp³-hybridized carbons (Fsp3) is 0.304. The number of likely N-dealkylation sites (N-methyl/N-ethyl adjacent to an activating group) is 1. The zero-order valence-electron chi connectivity index (χ0n) is 17.3. The quantitative estimate of drug-likeness (QED) is 0.572. The van der Waals surface area contributed by atoms with Gasteiger partial charge in [0.2, 0.25) is 0 Å². The summed E-state index contributed by atoms with van der Waals surface area (Å²) < 4.78 is 11.2. The number of amides is 1. The Morgan fingerprint density at radius 1 is 1.10 bits per heavy atom. The van der Waals surface area contributed by atoms with Crippen LogP contribution in [0.5, 0.6) is 11.5 Å². The normalized spacial score (nSPS) is 16.7. The molecule has 1 fully saturated rings. The Kier molecular flexibility index (Phi) is 6.99. The van der Waals surface area contributed by atoms with E-state index in [1.165, 1.54) is 17.3 Å². The lowest BCUT2D eigenvalue weighted by molar-refractivity contribution is -0.122. The van der Waals surface area contributed by atoms with Crippen LogP contribution in [-0.2, 0) is 4.79 Å². The largest absolute Gasteiger partial charge is 0.493 e. The third-order valence-corrected chi connectivity index (χ3v) is 5.42. The summed E-state index contributed by atoms with van der Waals surface area (Å²) in [7, 11) is 1.62. The minimum atomic E-state index is -0.0337. The lowest BCUT2D eigenvalue weighted by atomic mass is 10.2. The van der Waals surface area contributed by atoms with Gasteiger partial charge in [0.15, 0.2) is 16.7 Å². The van der Waals surface area contributed by atoms with Crippen LogP contribution in [0.1, 0.15) is 31.4 Å². The van der Waals surface area contributed by atoms with E-state index in [1.54, 1.807) is 12.0 Å². The third-order valence-electron chi connectivity index (χ3n) is 4.41. The van der Waals surface area contributed by atoms with Gasteiger partial charge in [0.25, 0.3) is 5.91 Å². The van der Waals surface area contributed by atoms with Crippen LogP contribution < -0.4 is 9.47 Å². The first-order chi connectivity index (χ1) is 14.0. The minimum Gasteiger partial charge on any atom is -0.493 e. The van der Waals surface area contributed by atoms with Gasteiger partial charge >= 0.3 is 0 Å². The molecule has 1 amide bonds. The molecule has 1 aliphatic heterocycles. The number of aryl methyl sites for hydroxylation is 1. The summed E-state index contributed by atoms with van der Waals surface area (Å²) in [4.78, 5) is 19.9. The molecule has 2 aromatic rings. The van der Waals surface area contributed by atoms with Crippen LogP contribution in [0.25, 0.3) is 6.08 Å². The van der Waals surface area contributed by atoms with E-state index in [0.717, 1.165) is 17.7 Å². The Morgan fingerprint density at radius 3 is 2.52 bits per heavy atom. The number of carbonyl (C=O) groups is 1. The Hall–Kier alpha value is -2.73. The molecule has 3 rings (SSSR count). The fourth-order valence-electron chi connectivity index (χ4n) is 2.86. The number of thioether (sulfide) groups is 1. The molecule has 6 heteroatoms. The second-order valence-electron chi connectivity index (χ2n) is 6.65. The Bertz CT molecular complexity index is 936. The van der Waals surface area contributed by atoms with Gasteiger partial charge in [-0.25, -0.2) is 4.99 Å². The predicted octanol–water partition coefficient (Wildman–Crippen LogP) is 5.42. The van der Waals surface area contributed by atoms with E-state index >= 15 is 0 Å². The highest BCUT2D eigenvalue weighted by atomic mass is 32.2. The molecule has 0 atom stereocenters. The van der Waals surface area contributed by atoms with Crippen LogP contribution in [0.4, 0.5) is 5.69 Å². The number of hydrogen-bond acceptors (Lipinski definition) is 5. The summed E-state index contributed by atoms with van der Waals surface area (Å²) in [6, 6.07) is 13.6. The summed E-state index contributed by atoms with van der Waals surface area (Å²) in [5.74, 6) is 1.33. The number of methoxy groups -OCH3 is 1. The molecule has 1 aliphatic rings. The second-order valence-corrected chi connectivity index (χ2v) is 7.66.